The molecule has 1 heterocycles. The predicted molar refractivity (Wildman–Crippen MR) is 102 cm³/mol. The number of rotatable bonds is 6. The number of anilines is 1. The average Bonchev–Trinajstić information content (AvgIpc) is 2.60. The largest absolute Gasteiger partial charge is 0.497 e. The fraction of sp³-hybridized carbons (Fsp3) is 0.600. The Kier molecular flexibility index (Phi) is 7.03. The van der Waals surface area contributed by atoms with Crippen LogP contribution in [0.3, 0.4) is 0 Å². The van der Waals surface area contributed by atoms with Gasteiger partial charge in [0, 0.05) is 23.8 Å². The van der Waals surface area contributed by atoms with Gasteiger partial charge in [0.25, 0.3) is 11.8 Å². The van der Waals surface area contributed by atoms with Crippen LogP contribution in [0, 0.1) is 0 Å². The molecule has 1 aromatic carbocycles. The number of hydrogen-bond donors (Lipinski definition) is 2. The molecule has 2 N–H and O–H groups in total. The zero-order valence-corrected chi connectivity index (χ0v) is 16.5. The van der Waals surface area contributed by atoms with Crippen molar-refractivity contribution in [3.05, 3.63) is 24.3 Å². The number of nitrogens with zero attached hydrogens (tertiary/aromatic N) is 1. The van der Waals surface area contributed by atoms with Gasteiger partial charge < -0.3 is 19.9 Å². The number of piperidine rings is 1. The van der Waals surface area contributed by atoms with Gasteiger partial charge in [-0.2, -0.15) is 0 Å². The van der Waals surface area contributed by atoms with Gasteiger partial charge in [-0.15, -0.1) is 0 Å². The summed E-state index contributed by atoms with van der Waals surface area (Å²) in [5, 5.41) is 2.87. The van der Waals surface area contributed by atoms with Crippen molar-refractivity contribution in [2.24, 2.45) is 0 Å². The minimum absolute atomic E-state index is 0.116. The molecule has 2 rings (SSSR count). The summed E-state index contributed by atoms with van der Waals surface area (Å²) in [6, 6.07) is 7.54. The summed E-state index contributed by atoms with van der Waals surface area (Å²) in [5.74, 6) is 0.714. The van der Waals surface area contributed by atoms with E-state index >= 15 is 0 Å². The van der Waals surface area contributed by atoms with E-state index in [-0.39, 0.29) is 36.5 Å². The Bertz CT molecular complexity index is 624. The first-order valence-corrected chi connectivity index (χ1v) is 9.41. The molecule has 1 aromatic rings. The molecule has 4 atom stereocenters. The normalized spacial score (nSPS) is 22.4. The molecule has 0 aliphatic carbocycles. The fourth-order valence-electron chi connectivity index (χ4n) is 3.60. The van der Waals surface area contributed by atoms with Gasteiger partial charge in [-0.3, -0.25) is 9.59 Å². The number of hydrogen-bond acceptors (Lipinski definition) is 3. The zero-order chi connectivity index (χ0) is 19.3. The van der Waals surface area contributed by atoms with Gasteiger partial charge in [0.2, 0.25) is 0 Å². The minimum Gasteiger partial charge on any atom is -0.497 e. The van der Waals surface area contributed by atoms with E-state index in [2.05, 4.69) is 19.2 Å². The van der Waals surface area contributed by atoms with Crippen molar-refractivity contribution in [2.45, 2.75) is 58.2 Å². The number of benzene rings is 1. The van der Waals surface area contributed by atoms with Crippen LogP contribution < -0.4 is 15.0 Å². The van der Waals surface area contributed by atoms with Gasteiger partial charge in [0.15, 0.2) is 12.6 Å². The maximum Gasteiger partial charge on any atom is 0.281 e. The maximum absolute atomic E-state index is 12.9. The summed E-state index contributed by atoms with van der Waals surface area (Å²) < 4.78 is 5.17. The summed E-state index contributed by atoms with van der Waals surface area (Å²) in [5.41, 5.74) is 0.694. The first kappa shape index (κ1) is 20.2. The molecule has 1 fully saturated rings. The third kappa shape index (κ3) is 4.97. The highest BCUT2D eigenvalue weighted by molar-refractivity contribution is 5.91. The van der Waals surface area contributed by atoms with E-state index in [1.807, 2.05) is 37.1 Å². The number of methoxy groups -OCH3 is 1. The van der Waals surface area contributed by atoms with E-state index in [0.717, 1.165) is 17.7 Å². The lowest BCUT2D eigenvalue weighted by molar-refractivity contribution is -0.886. The lowest BCUT2D eigenvalue weighted by Crippen LogP contribution is -3.15. The van der Waals surface area contributed by atoms with Crippen LogP contribution in [0.2, 0.25) is 0 Å². The number of likely N-dealkylation sites (tertiary alicyclic amines) is 1. The lowest BCUT2D eigenvalue weighted by atomic mass is 9.96. The molecule has 0 radical (unpaired) electrons. The van der Waals surface area contributed by atoms with Crippen LogP contribution in [0.5, 0.6) is 5.75 Å². The molecule has 26 heavy (non-hydrogen) atoms. The van der Waals surface area contributed by atoms with Crippen molar-refractivity contribution >= 4 is 17.5 Å². The standard InChI is InChI=1S/C20H31N3O3/c1-14-8-6-9-15(2)23(14)20(25)16(3)22(4)13-19(24)21-17-10-7-11-18(12-17)26-5/h7,10-12,14-16H,6,8-9,13H2,1-5H3,(H,21,24)/p+1/t14-,15+,16-/m1/s1. The van der Waals surface area contributed by atoms with E-state index < -0.39 is 0 Å². The Morgan fingerprint density at radius 1 is 1.31 bits per heavy atom. The van der Waals surface area contributed by atoms with Crippen LogP contribution in [0.15, 0.2) is 24.3 Å². The van der Waals surface area contributed by atoms with E-state index in [4.69, 9.17) is 4.74 Å². The van der Waals surface area contributed by atoms with E-state index in [0.29, 0.717) is 11.4 Å². The van der Waals surface area contributed by atoms with Gasteiger partial charge in [-0.25, -0.2) is 0 Å². The highest BCUT2D eigenvalue weighted by atomic mass is 16.5. The SMILES string of the molecule is COc1cccc(NC(=O)C[NH+](C)[C@H](C)C(=O)N2[C@H](C)CCC[C@@H]2C)c1. The van der Waals surface area contributed by atoms with E-state index in [1.54, 1.807) is 13.2 Å². The molecule has 6 heteroatoms. The molecule has 1 unspecified atom stereocenters. The Balaban J connectivity index is 1.93. The second kappa shape index (κ2) is 9.03. The molecule has 1 aliphatic rings. The number of quaternary nitrogens is 1. The van der Waals surface area contributed by atoms with Crippen molar-refractivity contribution in [1.29, 1.82) is 0 Å². The van der Waals surface area contributed by atoms with Crippen molar-refractivity contribution in [1.82, 2.24) is 4.90 Å². The maximum atomic E-state index is 12.9. The van der Waals surface area contributed by atoms with Crippen LogP contribution in [-0.2, 0) is 9.59 Å². The average molecular weight is 362 g/mol. The summed E-state index contributed by atoms with van der Waals surface area (Å²) >= 11 is 0. The van der Waals surface area contributed by atoms with Crippen molar-refractivity contribution in [2.75, 3.05) is 26.0 Å². The zero-order valence-electron chi connectivity index (χ0n) is 16.5. The Morgan fingerprint density at radius 3 is 2.58 bits per heavy atom. The molecule has 144 valence electrons. The Labute approximate surface area is 156 Å². The van der Waals surface area contributed by atoms with Crippen LogP contribution in [0.1, 0.15) is 40.0 Å². The third-order valence-electron chi connectivity index (χ3n) is 5.35. The third-order valence-corrected chi connectivity index (χ3v) is 5.35. The van der Waals surface area contributed by atoms with Crippen molar-refractivity contribution in [3.63, 3.8) is 0 Å². The fourth-order valence-corrected chi connectivity index (χ4v) is 3.60. The van der Waals surface area contributed by atoms with Crippen LogP contribution in [0.4, 0.5) is 5.69 Å². The molecule has 0 bridgehead atoms. The molecule has 0 saturated carbocycles. The van der Waals surface area contributed by atoms with Crippen molar-refractivity contribution in [3.8, 4) is 5.75 Å². The first-order valence-electron chi connectivity index (χ1n) is 9.41. The second-order valence-corrected chi connectivity index (χ2v) is 7.40. The van der Waals surface area contributed by atoms with Crippen molar-refractivity contribution < 1.29 is 19.2 Å². The Morgan fingerprint density at radius 2 is 1.96 bits per heavy atom. The molecular weight excluding hydrogens is 330 g/mol. The highest BCUT2D eigenvalue weighted by Gasteiger charge is 2.35. The number of carbonyl (C=O) groups is 2. The second-order valence-electron chi connectivity index (χ2n) is 7.40. The Hall–Kier alpha value is -2.08. The number of carbonyl (C=O) groups excluding carboxylic acids is 2. The van der Waals surface area contributed by atoms with Gasteiger partial charge in [0.1, 0.15) is 5.75 Å². The predicted octanol–water partition coefficient (Wildman–Crippen LogP) is 1.33. The van der Waals surface area contributed by atoms with Crippen LogP contribution >= 0.6 is 0 Å². The summed E-state index contributed by atoms with van der Waals surface area (Å²) in [6.07, 6.45) is 3.28. The van der Waals surface area contributed by atoms with Gasteiger partial charge in [0.05, 0.1) is 14.2 Å². The molecule has 6 nitrogen and oxygen atoms in total. The van der Waals surface area contributed by atoms with Gasteiger partial charge in [-0.05, 0) is 52.2 Å². The number of nitrogens with one attached hydrogen (secondary N) is 2. The lowest BCUT2D eigenvalue weighted by Gasteiger charge is -2.40. The summed E-state index contributed by atoms with van der Waals surface area (Å²) in [6.45, 7) is 6.38. The quantitative estimate of drug-likeness (QED) is 0.802. The van der Waals surface area contributed by atoms with E-state index in [1.165, 1.54) is 6.42 Å². The molecule has 0 aromatic heterocycles. The van der Waals surface area contributed by atoms with Crippen LogP contribution in [-0.4, -0.2) is 55.5 Å². The van der Waals surface area contributed by atoms with Gasteiger partial charge in [-0.1, -0.05) is 6.07 Å². The molecule has 2 amide bonds. The molecule has 0 spiro atoms. The minimum atomic E-state index is -0.256. The monoisotopic (exact) mass is 362 g/mol. The molecular formula is C20H32N3O3+. The highest BCUT2D eigenvalue weighted by Crippen LogP contribution is 2.23. The number of ether oxygens (including phenoxy) is 1. The van der Waals surface area contributed by atoms with E-state index in [9.17, 15) is 9.59 Å². The smallest absolute Gasteiger partial charge is 0.281 e. The topological polar surface area (TPSA) is 63.1 Å². The summed E-state index contributed by atoms with van der Waals surface area (Å²) in [4.78, 5) is 28.2. The van der Waals surface area contributed by atoms with Gasteiger partial charge >= 0.3 is 0 Å². The summed E-state index contributed by atoms with van der Waals surface area (Å²) in [7, 11) is 3.49. The number of likely N-dealkylation sites (N-methyl/N-ethyl adjacent to an activating group) is 1. The molecule has 1 saturated heterocycles. The van der Waals surface area contributed by atoms with Crippen LogP contribution in [0.25, 0.3) is 0 Å². The first-order chi connectivity index (χ1) is 12.3. The number of amides is 2. The molecule has 1 aliphatic heterocycles.